The summed E-state index contributed by atoms with van der Waals surface area (Å²) in [5.41, 5.74) is 3.17. The summed E-state index contributed by atoms with van der Waals surface area (Å²) in [5, 5.41) is 2.26. The highest BCUT2D eigenvalue weighted by Gasteiger charge is 2.36. The van der Waals surface area contributed by atoms with E-state index in [1.54, 1.807) is 18.2 Å². The monoisotopic (exact) mass is 443 g/mol. The van der Waals surface area contributed by atoms with Crippen LogP contribution in [-0.2, 0) is 22.6 Å². The predicted octanol–water partition coefficient (Wildman–Crippen LogP) is 4.10. The fourth-order valence-electron chi connectivity index (χ4n) is 3.65. The van der Waals surface area contributed by atoms with Crippen molar-refractivity contribution in [2.24, 2.45) is 0 Å². The zero-order chi connectivity index (χ0) is 23.4. The van der Waals surface area contributed by atoms with E-state index in [2.05, 4.69) is 5.32 Å². The van der Waals surface area contributed by atoms with Crippen LogP contribution in [0.25, 0.3) is 6.08 Å². The van der Waals surface area contributed by atoms with Crippen LogP contribution in [0.5, 0.6) is 5.75 Å². The predicted molar refractivity (Wildman–Crippen MR) is 126 cm³/mol. The number of urea groups is 1. The molecule has 0 saturated carbocycles. The van der Waals surface area contributed by atoms with E-state index < -0.39 is 17.8 Å². The van der Waals surface area contributed by atoms with Crippen molar-refractivity contribution in [3.8, 4) is 5.75 Å². The number of aryl methyl sites for hydroxylation is 2. The lowest BCUT2D eigenvalue weighted by Gasteiger charge is -2.26. The highest BCUT2D eigenvalue weighted by Crippen LogP contribution is 2.23. The number of carbonyl (C=O) groups excluding carboxylic acids is 3. The van der Waals surface area contributed by atoms with Gasteiger partial charge in [0.1, 0.15) is 17.9 Å². The summed E-state index contributed by atoms with van der Waals surface area (Å²) in [6.07, 6.45) is 4.20. The minimum atomic E-state index is -0.756. The first-order valence-electron chi connectivity index (χ1n) is 10.8. The molecule has 1 saturated heterocycles. The van der Waals surface area contributed by atoms with Gasteiger partial charge in [-0.1, -0.05) is 31.2 Å². The lowest BCUT2D eigenvalue weighted by atomic mass is 10.1. The van der Waals surface area contributed by atoms with Crippen LogP contribution in [-0.4, -0.2) is 29.0 Å². The summed E-state index contributed by atoms with van der Waals surface area (Å²) in [6, 6.07) is 17.8. The molecule has 7 heteroatoms. The fraction of sp³-hybridized carbons (Fsp3) is 0.192. The molecular weight excluding hydrogens is 418 g/mol. The average molecular weight is 444 g/mol. The lowest BCUT2D eigenvalue weighted by Crippen LogP contribution is -2.54. The highest BCUT2D eigenvalue weighted by atomic mass is 16.5. The molecule has 3 aromatic rings. The van der Waals surface area contributed by atoms with Crippen molar-refractivity contribution in [1.29, 1.82) is 0 Å². The van der Waals surface area contributed by atoms with Crippen LogP contribution >= 0.6 is 0 Å². The molecule has 7 nitrogen and oxygen atoms in total. The number of barbiturate groups is 1. The summed E-state index contributed by atoms with van der Waals surface area (Å²) < 4.78 is 7.70. The maximum atomic E-state index is 13.1. The van der Waals surface area contributed by atoms with Crippen molar-refractivity contribution in [2.45, 2.75) is 26.8 Å². The molecule has 168 valence electrons. The molecule has 0 aliphatic carbocycles. The van der Waals surface area contributed by atoms with E-state index >= 15 is 0 Å². The Kier molecular flexibility index (Phi) is 6.40. The number of imide groups is 2. The topological polar surface area (TPSA) is 80.6 Å². The number of benzene rings is 2. The number of anilines is 1. The maximum Gasteiger partial charge on any atom is 0.335 e. The summed E-state index contributed by atoms with van der Waals surface area (Å²) >= 11 is 0. The van der Waals surface area contributed by atoms with Gasteiger partial charge in [0.25, 0.3) is 11.8 Å². The number of carbonyl (C=O) groups is 3. The van der Waals surface area contributed by atoms with Gasteiger partial charge < -0.3 is 9.30 Å². The average Bonchev–Trinajstić information content (AvgIpc) is 3.24. The molecule has 4 amide bonds. The van der Waals surface area contributed by atoms with Crippen molar-refractivity contribution in [3.05, 3.63) is 89.3 Å². The molecule has 0 bridgehead atoms. The minimum absolute atomic E-state index is 0.103. The van der Waals surface area contributed by atoms with Gasteiger partial charge in [-0.15, -0.1) is 0 Å². The Morgan fingerprint density at radius 2 is 1.79 bits per heavy atom. The second-order valence-corrected chi connectivity index (χ2v) is 7.77. The van der Waals surface area contributed by atoms with Crippen molar-refractivity contribution in [2.75, 3.05) is 11.5 Å². The molecule has 0 atom stereocenters. The van der Waals surface area contributed by atoms with Gasteiger partial charge in [-0.05, 0) is 66.9 Å². The molecule has 1 fully saturated rings. The lowest BCUT2D eigenvalue weighted by molar-refractivity contribution is -0.122. The Morgan fingerprint density at radius 3 is 2.52 bits per heavy atom. The van der Waals surface area contributed by atoms with E-state index in [1.807, 2.05) is 67.1 Å². The Balaban J connectivity index is 1.53. The quantitative estimate of drug-likeness (QED) is 0.440. The van der Waals surface area contributed by atoms with Gasteiger partial charge in [-0.2, -0.15) is 0 Å². The zero-order valence-corrected chi connectivity index (χ0v) is 18.6. The number of hydrogen-bond acceptors (Lipinski definition) is 4. The smallest absolute Gasteiger partial charge is 0.335 e. The summed E-state index contributed by atoms with van der Waals surface area (Å²) in [7, 11) is 0. The largest absolute Gasteiger partial charge is 0.492 e. The van der Waals surface area contributed by atoms with Crippen LogP contribution in [0.3, 0.4) is 0 Å². The van der Waals surface area contributed by atoms with Crippen LogP contribution in [0, 0.1) is 6.92 Å². The van der Waals surface area contributed by atoms with Gasteiger partial charge in [0.2, 0.25) is 0 Å². The van der Waals surface area contributed by atoms with Crippen LogP contribution in [0.15, 0.2) is 72.4 Å². The molecule has 1 aliphatic heterocycles. The molecule has 0 radical (unpaired) electrons. The summed E-state index contributed by atoms with van der Waals surface area (Å²) in [6.45, 7) is 4.97. The second-order valence-electron chi connectivity index (χ2n) is 7.77. The SMILES string of the molecule is CCc1ccc(N2C(=O)NC(=O)/C(=C/c3cccn3CCOc3cccc(C)c3)C2=O)cc1. The van der Waals surface area contributed by atoms with Crippen molar-refractivity contribution >= 4 is 29.6 Å². The molecule has 0 unspecified atom stereocenters. The minimum Gasteiger partial charge on any atom is -0.492 e. The third kappa shape index (κ3) is 4.87. The number of nitrogens with one attached hydrogen (secondary N) is 1. The van der Waals surface area contributed by atoms with Crippen molar-refractivity contribution < 1.29 is 19.1 Å². The van der Waals surface area contributed by atoms with Gasteiger partial charge in [0.05, 0.1) is 12.2 Å². The Morgan fingerprint density at radius 1 is 1.00 bits per heavy atom. The van der Waals surface area contributed by atoms with E-state index in [1.165, 1.54) is 6.08 Å². The summed E-state index contributed by atoms with van der Waals surface area (Å²) in [5.74, 6) is -0.584. The van der Waals surface area contributed by atoms with Crippen molar-refractivity contribution in [3.63, 3.8) is 0 Å². The molecule has 4 rings (SSSR count). The zero-order valence-electron chi connectivity index (χ0n) is 18.6. The first kappa shape index (κ1) is 22.1. The molecule has 1 aliphatic rings. The van der Waals surface area contributed by atoms with Crippen LogP contribution < -0.4 is 15.0 Å². The molecule has 0 spiro atoms. The number of rotatable bonds is 7. The number of hydrogen-bond donors (Lipinski definition) is 1. The number of amides is 4. The third-order valence-electron chi connectivity index (χ3n) is 5.45. The maximum absolute atomic E-state index is 13.1. The van der Waals surface area contributed by atoms with E-state index in [4.69, 9.17) is 4.74 Å². The van der Waals surface area contributed by atoms with Gasteiger partial charge in [0.15, 0.2) is 0 Å². The summed E-state index contributed by atoms with van der Waals surface area (Å²) in [4.78, 5) is 39.0. The first-order valence-corrected chi connectivity index (χ1v) is 10.8. The number of ether oxygens (including phenoxy) is 1. The van der Waals surface area contributed by atoms with Gasteiger partial charge >= 0.3 is 6.03 Å². The van der Waals surface area contributed by atoms with Crippen LogP contribution in [0.4, 0.5) is 10.5 Å². The van der Waals surface area contributed by atoms with Gasteiger partial charge in [-0.3, -0.25) is 14.9 Å². The third-order valence-corrected chi connectivity index (χ3v) is 5.45. The Labute approximate surface area is 192 Å². The molecular formula is C26H25N3O4. The van der Waals surface area contributed by atoms with Crippen molar-refractivity contribution in [1.82, 2.24) is 9.88 Å². The number of aromatic nitrogens is 1. The number of nitrogens with zero attached hydrogens (tertiary/aromatic N) is 2. The van der Waals surface area contributed by atoms with E-state index in [-0.39, 0.29) is 5.57 Å². The van der Waals surface area contributed by atoms with E-state index in [0.717, 1.165) is 28.2 Å². The molecule has 2 aromatic carbocycles. The standard InChI is InChI=1S/C26H25N3O4/c1-3-19-9-11-20(12-10-19)29-25(31)23(24(30)27-26(29)32)17-21-7-5-13-28(21)14-15-33-22-8-4-6-18(2)16-22/h4-13,16-17H,3,14-15H2,1-2H3,(H,27,30,32)/b23-17-. The van der Waals surface area contributed by atoms with Crippen LogP contribution in [0.2, 0.25) is 0 Å². The second kappa shape index (κ2) is 9.56. The van der Waals surface area contributed by atoms with Gasteiger partial charge in [0, 0.05) is 11.9 Å². The molecule has 33 heavy (non-hydrogen) atoms. The molecule has 1 N–H and O–H groups in total. The Hall–Kier alpha value is -4.13. The van der Waals surface area contributed by atoms with E-state index in [9.17, 15) is 14.4 Å². The van der Waals surface area contributed by atoms with Gasteiger partial charge in [-0.25, -0.2) is 9.69 Å². The molecule has 1 aromatic heterocycles. The fourth-order valence-corrected chi connectivity index (χ4v) is 3.65. The van der Waals surface area contributed by atoms with Crippen LogP contribution in [0.1, 0.15) is 23.7 Å². The normalized spacial score (nSPS) is 15.2. The first-order chi connectivity index (χ1) is 16.0. The highest BCUT2D eigenvalue weighted by molar-refractivity contribution is 6.39. The van der Waals surface area contributed by atoms with E-state index in [0.29, 0.717) is 24.5 Å². The molecule has 2 heterocycles. The Bertz CT molecular complexity index is 1220.